The molecule has 6 heteroatoms. The van der Waals surface area contributed by atoms with Gasteiger partial charge in [-0.2, -0.15) is 0 Å². The Balaban J connectivity index is 0.000000192. The Morgan fingerprint density at radius 1 is 0.729 bits per heavy atom. The van der Waals surface area contributed by atoms with E-state index in [1.54, 1.807) is 0 Å². The van der Waals surface area contributed by atoms with Gasteiger partial charge in [-0.05, 0) is 29.1 Å². The fraction of sp³-hybridized carbons (Fsp3) is 0.132. The summed E-state index contributed by atoms with van der Waals surface area (Å²) >= 11 is -2.20. The molecule has 4 nitrogen and oxygen atoms in total. The minimum absolute atomic E-state index is 0. The smallest absolute Gasteiger partial charge is 0.120 e. The maximum Gasteiger partial charge on any atom is 0.120 e. The van der Waals surface area contributed by atoms with Gasteiger partial charge in [-0.3, -0.25) is 4.98 Å². The summed E-state index contributed by atoms with van der Waals surface area (Å²) in [4.78, 5) is 9.79. The van der Waals surface area contributed by atoms with Gasteiger partial charge in [0.1, 0.15) is 5.58 Å². The van der Waals surface area contributed by atoms with Crippen LogP contribution in [0.4, 0.5) is 0 Å². The first-order valence-electron chi connectivity index (χ1n) is 20.9. The van der Waals surface area contributed by atoms with E-state index in [4.69, 9.17) is 12.1 Å². The molecule has 0 N–H and O–H groups in total. The van der Waals surface area contributed by atoms with Gasteiger partial charge in [0.2, 0.25) is 0 Å². The summed E-state index contributed by atoms with van der Waals surface area (Å²) in [7, 11) is 0. The van der Waals surface area contributed by atoms with Gasteiger partial charge in [0.25, 0.3) is 0 Å². The summed E-state index contributed by atoms with van der Waals surface area (Å²) in [5.74, 6) is 7.58. The van der Waals surface area contributed by atoms with Gasteiger partial charge >= 0.3 is 128 Å². The predicted molar refractivity (Wildman–Crippen MR) is 246 cm³/mol. The molecule has 0 saturated heterocycles. The van der Waals surface area contributed by atoms with E-state index >= 15 is 0 Å². The molecule has 293 valence electrons. The maximum absolute atomic E-state index is 8.56. The normalized spacial score (nSPS) is 12.3. The molecule has 0 bridgehead atoms. The first-order valence-corrected chi connectivity index (χ1v) is 27.2. The maximum atomic E-state index is 8.56. The Hall–Kier alpha value is -5.59. The van der Waals surface area contributed by atoms with Crippen molar-refractivity contribution in [3.8, 4) is 39.5 Å². The van der Waals surface area contributed by atoms with Crippen LogP contribution in [0.25, 0.3) is 83.2 Å². The van der Waals surface area contributed by atoms with Gasteiger partial charge in [0, 0.05) is 36.4 Å². The van der Waals surface area contributed by atoms with Crippen LogP contribution in [0.5, 0.6) is 0 Å². The zero-order valence-corrected chi connectivity index (χ0v) is 38.2. The summed E-state index contributed by atoms with van der Waals surface area (Å²) in [6, 6.07) is 60.4. The monoisotopic (exact) mass is 1010 g/mol. The van der Waals surface area contributed by atoms with Crippen molar-refractivity contribution >= 4 is 61.4 Å². The van der Waals surface area contributed by atoms with E-state index in [0.29, 0.717) is 0 Å². The molecule has 10 aromatic rings. The van der Waals surface area contributed by atoms with Gasteiger partial charge < -0.3 is 8.98 Å². The quantitative estimate of drug-likeness (QED) is 0.118. The standard InChI is InChI=1S/C35H21N2O.C18H24GeN.Ir/c1-2-11-23(12-3-1)26-22-21-24-13-4-5-14-25(24)33(26)37-31-19-8-7-18-30(31)36-35(37)29-17-10-16-28-27-15-6-9-20-32(27)38-34(28)29;1-14(2)11-16-12-18(15-9-7-6-8-10-15)20-13-17(16)19(3,4)5;/h1-16,18-22H;6-9,12-14H,11H2,1-5H3;/q2*-1;/i;11D2;. The van der Waals surface area contributed by atoms with Crippen LogP contribution >= 0.6 is 0 Å². The molecule has 0 aliphatic heterocycles. The number of imidazole rings is 1. The van der Waals surface area contributed by atoms with Gasteiger partial charge in [0.15, 0.2) is 0 Å². The topological polar surface area (TPSA) is 43.9 Å². The number of pyridine rings is 1. The number of para-hydroxylation sites is 3. The molecule has 59 heavy (non-hydrogen) atoms. The van der Waals surface area contributed by atoms with Crippen LogP contribution in [0.1, 0.15) is 22.2 Å². The van der Waals surface area contributed by atoms with E-state index in [0.717, 1.165) is 87.8 Å². The molecule has 0 amide bonds. The molecule has 0 unspecified atom stereocenters. The SMILES string of the molecule is [2H]C([2H])(c1cc(-c2[c-]cccc2)nc[c]1[Ge]([CH3])([CH3])[CH3])C(C)C.[Ir].[c-]1ccc2c(oc3ccccc32)c1-c1nc2ccccc2n1-c1c(-c2ccccc2)ccc2ccccc12. The number of furan rings is 1. The largest absolute Gasteiger partial charge is 0.501 e. The van der Waals surface area contributed by atoms with Gasteiger partial charge in [0.05, 0.1) is 28.1 Å². The zero-order chi connectivity index (χ0) is 41.6. The van der Waals surface area contributed by atoms with Gasteiger partial charge in [-0.25, -0.2) is 0 Å². The van der Waals surface area contributed by atoms with E-state index < -0.39 is 19.6 Å². The average Bonchev–Trinajstić information content (AvgIpc) is 3.85. The minimum atomic E-state index is -2.20. The van der Waals surface area contributed by atoms with Crippen molar-refractivity contribution in [2.45, 2.75) is 37.5 Å². The number of hydrogen-bond acceptors (Lipinski definition) is 3. The Labute approximate surface area is 365 Å². The third-order valence-electron chi connectivity index (χ3n) is 10.5. The summed E-state index contributed by atoms with van der Waals surface area (Å²) in [6.45, 7) is 3.88. The molecule has 1 radical (unpaired) electrons. The van der Waals surface area contributed by atoms with E-state index in [9.17, 15) is 0 Å². The molecular weight excluding hydrogens is 959 g/mol. The molecular formula is C53H45GeIrN3O-2. The number of aromatic nitrogens is 3. The summed E-state index contributed by atoms with van der Waals surface area (Å²) < 4.78 is 27.0. The van der Waals surface area contributed by atoms with Crippen molar-refractivity contribution in [1.29, 1.82) is 0 Å². The molecule has 7 aromatic carbocycles. The molecule has 0 spiro atoms. The fourth-order valence-corrected chi connectivity index (χ4v) is 10.8. The second-order valence-corrected chi connectivity index (χ2v) is 26.5. The van der Waals surface area contributed by atoms with E-state index in [-0.39, 0.29) is 26.0 Å². The molecule has 3 heterocycles. The van der Waals surface area contributed by atoms with E-state index in [1.807, 2.05) is 80.7 Å². The Morgan fingerprint density at radius 2 is 1.46 bits per heavy atom. The summed E-state index contributed by atoms with van der Waals surface area (Å²) in [5, 5.41) is 4.50. The number of nitrogens with zero attached hydrogens (tertiary/aromatic N) is 3. The van der Waals surface area contributed by atoms with Crippen LogP contribution in [0.2, 0.25) is 17.3 Å². The summed E-state index contributed by atoms with van der Waals surface area (Å²) in [5.41, 5.74) is 10.4. The molecule has 0 aliphatic rings. The van der Waals surface area contributed by atoms with Crippen LogP contribution in [-0.2, 0) is 26.5 Å². The molecule has 3 aromatic heterocycles. The van der Waals surface area contributed by atoms with Crippen LogP contribution in [0.15, 0.2) is 168 Å². The van der Waals surface area contributed by atoms with E-state index in [2.05, 4.69) is 136 Å². The third-order valence-corrected chi connectivity index (χ3v) is 14.7. The molecule has 0 saturated carbocycles. The van der Waals surface area contributed by atoms with Crippen molar-refractivity contribution in [2.24, 2.45) is 5.92 Å². The predicted octanol–water partition coefficient (Wildman–Crippen LogP) is 13.5. The first kappa shape index (κ1) is 37.7. The Kier molecular flexibility index (Phi) is 10.8. The minimum Gasteiger partial charge on any atom is -0.501 e. The molecule has 0 atom stereocenters. The Bertz CT molecular complexity index is 3150. The second kappa shape index (κ2) is 16.9. The van der Waals surface area contributed by atoms with Crippen molar-refractivity contribution in [2.75, 3.05) is 0 Å². The summed E-state index contributed by atoms with van der Waals surface area (Å²) in [6.07, 6.45) is 0.562. The Morgan fingerprint density at radius 3 is 2.24 bits per heavy atom. The average molecular weight is 1010 g/mol. The number of benzene rings is 7. The van der Waals surface area contributed by atoms with Crippen molar-refractivity contribution in [3.63, 3.8) is 0 Å². The number of rotatable bonds is 7. The van der Waals surface area contributed by atoms with E-state index in [1.165, 1.54) is 5.39 Å². The first-order chi connectivity index (χ1) is 29.0. The van der Waals surface area contributed by atoms with Gasteiger partial charge in [-0.15, -0.1) is 18.2 Å². The van der Waals surface area contributed by atoms with Crippen molar-refractivity contribution in [1.82, 2.24) is 14.5 Å². The van der Waals surface area contributed by atoms with Crippen LogP contribution in [0, 0.1) is 18.1 Å². The second-order valence-electron chi connectivity index (χ2n) is 15.9. The third kappa shape index (κ3) is 7.95. The zero-order valence-electron chi connectivity index (χ0n) is 35.7. The van der Waals surface area contributed by atoms with Crippen LogP contribution < -0.4 is 4.40 Å². The van der Waals surface area contributed by atoms with Gasteiger partial charge in [-0.1, -0.05) is 108 Å². The molecule has 0 aliphatic carbocycles. The van der Waals surface area contributed by atoms with Crippen LogP contribution in [-0.4, -0.2) is 27.8 Å². The number of fused-ring (bicyclic) bond motifs is 5. The molecule has 0 fully saturated rings. The number of hydrogen-bond donors (Lipinski definition) is 0. The van der Waals surface area contributed by atoms with Crippen LogP contribution in [0.3, 0.4) is 0 Å². The molecule has 10 rings (SSSR count). The van der Waals surface area contributed by atoms with Crippen molar-refractivity contribution < 1.29 is 27.3 Å². The van der Waals surface area contributed by atoms with Crippen molar-refractivity contribution in [3.05, 3.63) is 182 Å². The fourth-order valence-electron chi connectivity index (χ4n) is 7.81.